The van der Waals surface area contributed by atoms with Gasteiger partial charge in [-0.2, -0.15) is 0 Å². The Hall–Kier alpha value is -1.42. The topological polar surface area (TPSA) is 39.7 Å². The van der Waals surface area contributed by atoms with Crippen molar-refractivity contribution in [1.29, 1.82) is 0 Å². The van der Waals surface area contributed by atoms with E-state index in [2.05, 4.69) is 12.2 Å². The molecule has 1 aromatic carbocycles. The number of nitrogens with one attached hydrogen (secondary N) is 1. The van der Waals surface area contributed by atoms with Crippen LogP contribution < -0.4 is 19.5 Å². The van der Waals surface area contributed by atoms with Crippen molar-refractivity contribution in [2.75, 3.05) is 34.4 Å². The van der Waals surface area contributed by atoms with Crippen molar-refractivity contribution in [3.63, 3.8) is 0 Å². The Morgan fingerprint density at radius 1 is 1.18 bits per heavy atom. The highest BCUT2D eigenvalue weighted by Gasteiger charge is 2.12. The summed E-state index contributed by atoms with van der Waals surface area (Å²) in [7, 11) is 5.18. The largest absolute Gasteiger partial charge is 0.493 e. The van der Waals surface area contributed by atoms with E-state index in [-0.39, 0.29) is 0 Å². The predicted molar refractivity (Wildman–Crippen MR) is 68.1 cm³/mol. The third kappa shape index (κ3) is 3.82. The first-order valence-corrected chi connectivity index (χ1v) is 5.71. The van der Waals surface area contributed by atoms with Crippen LogP contribution >= 0.6 is 0 Å². The minimum absolute atomic E-state index is 0.426. The van der Waals surface area contributed by atoms with E-state index in [4.69, 9.17) is 14.2 Å². The summed E-state index contributed by atoms with van der Waals surface area (Å²) in [6.45, 7) is 3.66. The number of hydrogen-bond acceptors (Lipinski definition) is 4. The number of hydrogen-bond donors (Lipinski definition) is 1. The van der Waals surface area contributed by atoms with Crippen molar-refractivity contribution in [3.8, 4) is 17.2 Å². The zero-order valence-corrected chi connectivity index (χ0v) is 10.9. The summed E-state index contributed by atoms with van der Waals surface area (Å²) in [5.74, 6) is 2.48. The van der Waals surface area contributed by atoms with Gasteiger partial charge in [0.05, 0.1) is 20.8 Å². The Labute approximate surface area is 103 Å². The lowest BCUT2D eigenvalue weighted by Crippen LogP contribution is -2.21. The lowest BCUT2D eigenvalue weighted by Gasteiger charge is -2.16. The van der Waals surface area contributed by atoms with Gasteiger partial charge in [-0.05, 0) is 19.2 Å². The van der Waals surface area contributed by atoms with E-state index >= 15 is 0 Å². The van der Waals surface area contributed by atoms with Gasteiger partial charge in [0.25, 0.3) is 0 Å². The molecular weight excluding hydrogens is 218 g/mol. The first-order chi connectivity index (χ1) is 8.22. The standard InChI is InChI=1S/C13H21NO3/c1-10(8-14-2)9-17-13-11(15-3)6-5-7-12(13)16-4/h5-7,10,14H,8-9H2,1-4H3. The van der Waals surface area contributed by atoms with Gasteiger partial charge in [-0.3, -0.25) is 0 Å². The lowest BCUT2D eigenvalue weighted by atomic mass is 10.2. The number of ether oxygens (including phenoxy) is 3. The van der Waals surface area contributed by atoms with Crippen LogP contribution in [-0.4, -0.2) is 34.4 Å². The average Bonchev–Trinajstić information content (AvgIpc) is 2.36. The first kappa shape index (κ1) is 13.6. The van der Waals surface area contributed by atoms with Crippen LogP contribution in [0.3, 0.4) is 0 Å². The van der Waals surface area contributed by atoms with Gasteiger partial charge in [0.15, 0.2) is 11.5 Å². The molecule has 0 aromatic heterocycles. The van der Waals surface area contributed by atoms with Gasteiger partial charge >= 0.3 is 0 Å². The fourth-order valence-electron chi connectivity index (χ4n) is 1.59. The van der Waals surface area contributed by atoms with Crippen molar-refractivity contribution in [2.24, 2.45) is 5.92 Å². The molecule has 0 radical (unpaired) electrons. The molecule has 0 heterocycles. The summed E-state index contributed by atoms with van der Waals surface area (Å²) in [6.07, 6.45) is 0. The predicted octanol–water partition coefficient (Wildman–Crippen LogP) is 1.94. The molecule has 0 saturated carbocycles. The molecule has 1 N–H and O–H groups in total. The van der Waals surface area contributed by atoms with Crippen molar-refractivity contribution in [1.82, 2.24) is 5.32 Å². The molecule has 0 saturated heterocycles. The van der Waals surface area contributed by atoms with E-state index < -0.39 is 0 Å². The van der Waals surface area contributed by atoms with Gasteiger partial charge in [0, 0.05) is 12.5 Å². The Morgan fingerprint density at radius 3 is 2.24 bits per heavy atom. The molecule has 0 aliphatic carbocycles. The van der Waals surface area contributed by atoms with Gasteiger partial charge in [-0.1, -0.05) is 13.0 Å². The molecule has 0 spiro atoms. The minimum atomic E-state index is 0.426. The summed E-state index contributed by atoms with van der Waals surface area (Å²) in [6, 6.07) is 5.60. The minimum Gasteiger partial charge on any atom is -0.493 e. The molecule has 1 rings (SSSR count). The molecule has 4 heteroatoms. The lowest BCUT2D eigenvalue weighted by molar-refractivity contribution is 0.234. The fourth-order valence-corrected chi connectivity index (χ4v) is 1.59. The molecule has 1 atom stereocenters. The summed E-state index contributed by atoms with van der Waals surface area (Å²) < 4.78 is 16.3. The summed E-state index contributed by atoms with van der Waals surface area (Å²) >= 11 is 0. The van der Waals surface area contributed by atoms with Gasteiger partial charge in [0.1, 0.15) is 0 Å². The maximum absolute atomic E-state index is 5.77. The van der Waals surface area contributed by atoms with Crippen molar-refractivity contribution >= 4 is 0 Å². The van der Waals surface area contributed by atoms with Gasteiger partial charge < -0.3 is 19.5 Å². The molecule has 0 fully saturated rings. The normalized spacial score (nSPS) is 12.0. The van der Waals surface area contributed by atoms with Crippen LogP contribution in [0.4, 0.5) is 0 Å². The Balaban J connectivity index is 2.74. The highest BCUT2D eigenvalue weighted by atomic mass is 16.5. The first-order valence-electron chi connectivity index (χ1n) is 5.71. The molecule has 4 nitrogen and oxygen atoms in total. The van der Waals surface area contributed by atoms with E-state index in [1.807, 2.05) is 25.2 Å². The molecule has 1 unspecified atom stereocenters. The number of rotatable bonds is 7. The molecule has 1 aromatic rings. The van der Waals surface area contributed by atoms with Crippen LogP contribution in [0, 0.1) is 5.92 Å². The van der Waals surface area contributed by atoms with E-state index in [9.17, 15) is 0 Å². The Morgan fingerprint density at radius 2 is 1.76 bits per heavy atom. The van der Waals surface area contributed by atoms with Crippen LogP contribution in [0.25, 0.3) is 0 Å². The van der Waals surface area contributed by atoms with Gasteiger partial charge in [-0.25, -0.2) is 0 Å². The summed E-state index contributed by atoms with van der Waals surface area (Å²) in [4.78, 5) is 0. The molecule has 0 bridgehead atoms. The van der Waals surface area contributed by atoms with Crippen LogP contribution in [0.5, 0.6) is 17.2 Å². The maximum Gasteiger partial charge on any atom is 0.203 e. The number of benzene rings is 1. The van der Waals surface area contributed by atoms with Crippen LogP contribution in [0.15, 0.2) is 18.2 Å². The van der Waals surface area contributed by atoms with Gasteiger partial charge in [-0.15, -0.1) is 0 Å². The zero-order chi connectivity index (χ0) is 12.7. The van der Waals surface area contributed by atoms with Gasteiger partial charge in [0.2, 0.25) is 5.75 Å². The SMILES string of the molecule is CNCC(C)COc1c(OC)cccc1OC. The van der Waals surface area contributed by atoms with Crippen molar-refractivity contribution in [3.05, 3.63) is 18.2 Å². The van der Waals surface area contributed by atoms with Crippen LogP contribution in [-0.2, 0) is 0 Å². The quantitative estimate of drug-likeness (QED) is 0.789. The highest BCUT2D eigenvalue weighted by Crippen LogP contribution is 2.36. The van der Waals surface area contributed by atoms with E-state index in [1.54, 1.807) is 14.2 Å². The second-order valence-corrected chi connectivity index (χ2v) is 3.97. The molecule has 0 aliphatic heterocycles. The molecule has 0 amide bonds. The van der Waals surface area contributed by atoms with Crippen LogP contribution in [0.2, 0.25) is 0 Å². The second kappa shape index (κ2) is 7.01. The molecular formula is C13H21NO3. The fraction of sp³-hybridized carbons (Fsp3) is 0.538. The highest BCUT2D eigenvalue weighted by molar-refractivity contribution is 5.51. The van der Waals surface area contributed by atoms with E-state index in [0.29, 0.717) is 29.8 Å². The average molecular weight is 239 g/mol. The summed E-state index contributed by atoms with van der Waals surface area (Å²) in [5, 5.41) is 3.12. The Kier molecular flexibility index (Phi) is 5.63. The maximum atomic E-state index is 5.77. The Bertz CT molecular complexity index is 319. The monoisotopic (exact) mass is 239 g/mol. The molecule has 17 heavy (non-hydrogen) atoms. The second-order valence-electron chi connectivity index (χ2n) is 3.97. The molecule has 96 valence electrons. The van der Waals surface area contributed by atoms with E-state index in [0.717, 1.165) is 6.54 Å². The number of methoxy groups -OCH3 is 2. The van der Waals surface area contributed by atoms with Crippen molar-refractivity contribution < 1.29 is 14.2 Å². The third-order valence-electron chi connectivity index (χ3n) is 2.45. The van der Waals surface area contributed by atoms with Crippen molar-refractivity contribution in [2.45, 2.75) is 6.92 Å². The van der Waals surface area contributed by atoms with Crippen LogP contribution in [0.1, 0.15) is 6.92 Å². The zero-order valence-electron chi connectivity index (χ0n) is 10.9. The molecule has 0 aliphatic rings. The third-order valence-corrected chi connectivity index (χ3v) is 2.45. The summed E-state index contributed by atoms with van der Waals surface area (Å²) in [5.41, 5.74) is 0. The number of para-hydroxylation sites is 1. The van der Waals surface area contributed by atoms with E-state index in [1.165, 1.54) is 0 Å². The smallest absolute Gasteiger partial charge is 0.203 e.